The highest BCUT2D eigenvalue weighted by atomic mass is 35.5. The van der Waals surface area contributed by atoms with E-state index < -0.39 is 0 Å². The van der Waals surface area contributed by atoms with Crippen LogP contribution in [0.2, 0.25) is 5.02 Å². The van der Waals surface area contributed by atoms with Gasteiger partial charge in [-0.2, -0.15) is 0 Å². The van der Waals surface area contributed by atoms with Gasteiger partial charge in [0.05, 0.1) is 7.11 Å². The van der Waals surface area contributed by atoms with Gasteiger partial charge in [0, 0.05) is 24.2 Å². The van der Waals surface area contributed by atoms with Gasteiger partial charge in [-0.15, -0.1) is 0 Å². The van der Waals surface area contributed by atoms with Crippen LogP contribution < -0.4 is 4.74 Å². The lowest BCUT2D eigenvalue weighted by molar-refractivity contribution is 0.203. The van der Waals surface area contributed by atoms with Gasteiger partial charge in [0.2, 0.25) is 0 Å². The molecule has 0 unspecified atom stereocenters. The van der Waals surface area contributed by atoms with E-state index in [2.05, 4.69) is 30.9 Å². The molecule has 0 saturated heterocycles. The molecule has 0 bridgehead atoms. The third kappa shape index (κ3) is 3.52. The maximum atomic E-state index is 9.69. The molecule has 0 radical (unpaired) electrons. The molecule has 4 heteroatoms. The number of ether oxygens (including phenoxy) is 1. The molecule has 0 spiro atoms. The fraction of sp³-hybridized carbons (Fsp3) is 0.400. The minimum atomic E-state index is 0.191. The van der Waals surface area contributed by atoms with Crippen molar-refractivity contribution in [2.45, 2.75) is 45.8 Å². The van der Waals surface area contributed by atoms with Crippen molar-refractivity contribution in [2.24, 2.45) is 0 Å². The molecule has 0 aliphatic carbocycles. The number of phenolic OH excluding ortho intramolecular Hbond substituents is 1. The van der Waals surface area contributed by atoms with Crippen molar-refractivity contribution < 1.29 is 9.84 Å². The maximum absolute atomic E-state index is 9.69. The Hall–Kier alpha value is -1.71. The number of fused-ring (bicyclic) bond motifs is 1. The van der Waals surface area contributed by atoms with E-state index in [1.807, 2.05) is 12.1 Å². The van der Waals surface area contributed by atoms with Gasteiger partial charge in [-0.1, -0.05) is 23.7 Å². The highest BCUT2D eigenvalue weighted by molar-refractivity contribution is 6.31. The number of benzene rings is 2. The smallest absolute Gasteiger partial charge is 0.160 e. The molecule has 1 aliphatic heterocycles. The SMILES string of the molecule is COc1cc(CC[C@@H](C)N2Cc3cc(C)c(Cl)cc3C2)ccc1O. The highest BCUT2D eigenvalue weighted by Crippen LogP contribution is 2.31. The van der Waals surface area contributed by atoms with Crippen LogP contribution in [0.3, 0.4) is 0 Å². The topological polar surface area (TPSA) is 32.7 Å². The average Bonchev–Trinajstić information content (AvgIpc) is 2.97. The Kier molecular flexibility index (Phi) is 5.02. The zero-order valence-electron chi connectivity index (χ0n) is 14.5. The molecule has 128 valence electrons. The van der Waals surface area contributed by atoms with Crippen LogP contribution in [0.25, 0.3) is 0 Å². The van der Waals surface area contributed by atoms with Gasteiger partial charge in [0.1, 0.15) is 0 Å². The second kappa shape index (κ2) is 7.04. The van der Waals surface area contributed by atoms with Crippen LogP contribution in [0, 0.1) is 6.92 Å². The van der Waals surface area contributed by atoms with Crippen LogP contribution >= 0.6 is 11.6 Å². The number of methoxy groups -OCH3 is 1. The summed E-state index contributed by atoms with van der Waals surface area (Å²) in [5.41, 5.74) is 5.09. The molecule has 1 N–H and O–H groups in total. The molecule has 0 saturated carbocycles. The van der Waals surface area contributed by atoms with Crippen molar-refractivity contribution in [1.82, 2.24) is 4.90 Å². The lowest BCUT2D eigenvalue weighted by Gasteiger charge is -2.23. The van der Waals surface area contributed by atoms with E-state index in [1.54, 1.807) is 13.2 Å². The lowest BCUT2D eigenvalue weighted by Crippen LogP contribution is -2.28. The van der Waals surface area contributed by atoms with Gasteiger partial charge < -0.3 is 9.84 Å². The fourth-order valence-corrected chi connectivity index (χ4v) is 3.50. The molecule has 2 aromatic carbocycles. The minimum absolute atomic E-state index is 0.191. The van der Waals surface area contributed by atoms with E-state index in [0.717, 1.165) is 36.5 Å². The first-order valence-corrected chi connectivity index (χ1v) is 8.73. The van der Waals surface area contributed by atoms with Crippen molar-refractivity contribution in [2.75, 3.05) is 7.11 Å². The van der Waals surface area contributed by atoms with E-state index in [4.69, 9.17) is 16.3 Å². The predicted molar refractivity (Wildman–Crippen MR) is 97.9 cm³/mol. The van der Waals surface area contributed by atoms with Crippen LogP contribution in [0.15, 0.2) is 30.3 Å². The van der Waals surface area contributed by atoms with E-state index in [9.17, 15) is 5.11 Å². The van der Waals surface area contributed by atoms with Gasteiger partial charge in [-0.3, -0.25) is 4.90 Å². The molecule has 1 atom stereocenters. The Morgan fingerprint density at radius 2 is 1.92 bits per heavy atom. The van der Waals surface area contributed by atoms with Gasteiger partial charge in [0.25, 0.3) is 0 Å². The Bertz CT molecular complexity index is 714. The monoisotopic (exact) mass is 345 g/mol. The van der Waals surface area contributed by atoms with Crippen molar-refractivity contribution in [3.05, 3.63) is 57.6 Å². The van der Waals surface area contributed by atoms with E-state index in [1.165, 1.54) is 16.7 Å². The number of phenols is 1. The second-order valence-electron chi connectivity index (χ2n) is 6.67. The fourth-order valence-electron chi connectivity index (χ4n) is 3.32. The molecule has 1 heterocycles. The van der Waals surface area contributed by atoms with Crippen molar-refractivity contribution >= 4 is 11.6 Å². The maximum Gasteiger partial charge on any atom is 0.160 e. The lowest BCUT2D eigenvalue weighted by atomic mass is 10.0. The molecule has 3 rings (SSSR count). The molecule has 0 fully saturated rings. The largest absolute Gasteiger partial charge is 0.504 e. The normalized spacial score (nSPS) is 15.3. The summed E-state index contributed by atoms with van der Waals surface area (Å²) in [6.45, 7) is 6.30. The number of nitrogens with zero attached hydrogens (tertiary/aromatic N) is 1. The summed E-state index contributed by atoms with van der Waals surface area (Å²) in [5, 5.41) is 10.5. The molecule has 3 nitrogen and oxygen atoms in total. The standard InChI is InChI=1S/C20H24ClNO2/c1-13-8-16-11-22(12-17(16)10-18(13)21)14(2)4-5-15-6-7-19(23)20(9-15)24-3/h6-10,14,23H,4-5,11-12H2,1-3H3/t14-/m1/s1. The van der Waals surface area contributed by atoms with Gasteiger partial charge in [-0.05, 0) is 67.1 Å². The van der Waals surface area contributed by atoms with Crippen LogP contribution in [-0.2, 0) is 19.5 Å². The number of hydrogen-bond acceptors (Lipinski definition) is 3. The first-order valence-electron chi connectivity index (χ1n) is 8.35. The van der Waals surface area contributed by atoms with E-state index in [0.29, 0.717) is 11.8 Å². The zero-order chi connectivity index (χ0) is 17.3. The molecule has 0 amide bonds. The van der Waals surface area contributed by atoms with Crippen LogP contribution in [0.5, 0.6) is 11.5 Å². The van der Waals surface area contributed by atoms with E-state index >= 15 is 0 Å². The van der Waals surface area contributed by atoms with Crippen molar-refractivity contribution in [1.29, 1.82) is 0 Å². The summed E-state index contributed by atoms with van der Waals surface area (Å²) in [6, 6.07) is 10.4. The molecule has 1 aliphatic rings. The Morgan fingerprint density at radius 1 is 1.21 bits per heavy atom. The molecular formula is C20H24ClNO2. The van der Waals surface area contributed by atoms with Crippen LogP contribution in [0.1, 0.15) is 35.6 Å². The summed E-state index contributed by atoms with van der Waals surface area (Å²) in [4.78, 5) is 2.50. The number of halogens is 1. The van der Waals surface area contributed by atoms with Crippen LogP contribution in [-0.4, -0.2) is 23.2 Å². The quantitative estimate of drug-likeness (QED) is 0.852. The molecular weight excluding hydrogens is 322 g/mol. The van der Waals surface area contributed by atoms with Crippen LogP contribution in [0.4, 0.5) is 0 Å². The number of rotatable bonds is 5. The second-order valence-corrected chi connectivity index (χ2v) is 7.08. The summed E-state index contributed by atoms with van der Waals surface area (Å²) < 4.78 is 5.18. The Morgan fingerprint density at radius 3 is 2.62 bits per heavy atom. The minimum Gasteiger partial charge on any atom is -0.504 e. The number of hydrogen-bond donors (Lipinski definition) is 1. The summed E-state index contributed by atoms with van der Waals surface area (Å²) in [5.74, 6) is 0.732. The highest BCUT2D eigenvalue weighted by Gasteiger charge is 2.23. The molecule has 2 aromatic rings. The van der Waals surface area contributed by atoms with Crippen molar-refractivity contribution in [3.8, 4) is 11.5 Å². The third-order valence-corrected chi connectivity index (χ3v) is 5.35. The number of aryl methyl sites for hydroxylation is 2. The zero-order valence-corrected chi connectivity index (χ0v) is 15.2. The third-order valence-electron chi connectivity index (χ3n) is 4.95. The predicted octanol–water partition coefficient (Wildman–Crippen LogP) is 4.70. The van der Waals surface area contributed by atoms with Gasteiger partial charge in [-0.25, -0.2) is 0 Å². The Balaban J connectivity index is 1.61. The van der Waals surface area contributed by atoms with Gasteiger partial charge in [0.15, 0.2) is 11.5 Å². The Labute approximate surface area is 148 Å². The average molecular weight is 346 g/mol. The first-order chi connectivity index (χ1) is 11.5. The summed E-state index contributed by atoms with van der Waals surface area (Å²) in [7, 11) is 1.58. The molecule has 24 heavy (non-hydrogen) atoms. The number of aromatic hydroxyl groups is 1. The molecule has 0 aromatic heterocycles. The summed E-state index contributed by atoms with van der Waals surface area (Å²) in [6.07, 6.45) is 2.03. The van der Waals surface area contributed by atoms with Gasteiger partial charge >= 0.3 is 0 Å². The van der Waals surface area contributed by atoms with Crippen molar-refractivity contribution in [3.63, 3.8) is 0 Å². The first kappa shape index (κ1) is 17.1. The summed E-state index contributed by atoms with van der Waals surface area (Å²) >= 11 is 6.25. The van der Waals surface area contributed by atoms with E-state index in [-0.39, 0.29) is 5.75 Å².